The standard InChI is InChI=1S/C17H15N3O3/c1-22-14-8-12-13(9-15(14)23-2)19-16(20-17(12)21)6-5-11-4-3-7-18-10-11/h3-10H,1-2H3,(H,19,20,21)/b6-5+. The number of aromatic amines is 1. The molecule has 0 aliphatic carbocycles. The molecule has 0 fully saturated rings. The monoisotopic (exact) mass is 309 g/mol. The van der Waals surface area contributed by atoms with Crippen molar-refractivity contribution in [3.8, 4) is 11.5 Å². The Balaban J connectivity index is 2.07. The summed E-state index contributed by atoms with van der Waals surface area (Å²) in [6.07, 6.45) is 6.99. The van der Waals surface area contributed by atoms with Gasteiger partial charge in [0.15, 0.2) is 11.5 Å². The molecule has 3 aromatic rings. The lowest BCUT2D eigenvalue weighted by molar-refractivity contribution is 0.355. The summed E-state index contributed by atoms with van der Waals surface area (Å²) < 4.78 is 10.5. The maximum Gasteiger partial charge on any atom is 0.259 e. The topological polar surface area (TPSA) is 77.1 Å². The van der Waals surface area contributed by atoms with Crippen LogP contribution in [-0.4, -0.2) is 29.2 Å². The number of methoxy groups -OCH3 is 2. The maximum atomic E-state index is 12.2. The Morgan fingerprint density at radius 1 is 1.13 bits per heavy atom. The van der Waals surface area contributed by atoms with Crippen LogP contribution in [0.15, 0.2) is 41.5 Å². The molecule has 23 heavy (non-hydrogen) atoms. The van der Waals surface area contributed by atoms with E-state index < -0.39 is 0 Å². The molecule has 0 radical (unpaired) electrons. The van der Waals surface area contributed by atoms with Crippen molar-refractivity contribution in [3.05, 3.63) is 58.4 Å². The Kier molecular flexibility index (Phi) is 4.05. The summed E-state index contributed by atoms with van der Waals surface area (Å²) >= 11 is 0. The predicted octanol–water partition coefficient (Wildman–Crippen LogP) is 2.51. The Hall–Kier alpha value is -3.15. The largest absolute Gasteiger partial charge is 0.493 e. The third-order valence-electron chi connectivity index (χ3n) is 3.35. The van der Waals surface area contributed by atoms with Gasteiger partial charge in [0.05, 0.1) is 25.1 Å². The van der Waals surface area contributed by atoms with Crippen LogP contribution >= 0.6 is 0 Å². The zero-order valence-electron chi connectivity index (χ0n) is 12.7. The number of ether oxygens (including phenoxy) is 2. The van der Waals surface area contributed by atoms with E-state index in [1.54, 1.807) is 37.7 Å². The van der Waals surface area contributed by atoms with E-state index in [-0.39, 0.29) is 5.56 Å². The van der Waals surface area contributed by atoms with Gasteiger partial charge in [0.1, 0.15) is 5.82 Å². The van der Waals surface area contributed by atoms with Gasteiger partial charge in [-0.1, -0.05) is 6.07 Å². The molecule has 0 bridgehead atoms. The summed E-state index contributed by atoms with van der Waals surface area (Å²) in [5, 5.41) is 0.446. The van der Waals surface area contributed by atoms with Crippen molar-refractivity contribution in [2.45, 2.75) is 0 Å². The second kappa shape index (κ2) is 6.31. The van der Waals surface area contributed by atoms with Gasteiger partial charge in [-0.25, -0.2) is 4.98 Å². The molecule has 0 unspecified atom stereocenters. The number of fused-ring (bicyclic) bond motifs is 1. The fourth-order valence-corrected chi connectivity index (χ4v) is 2.21. The number of hydrogen-bond donors (Lipinski definition) is 1. The minimum Gasteiger partial charge on any atom is -0.493 e. The minimum absolute atomic E-state index is 0.234. The van der Waals surface area contributed by atoms with Gasteiger partial charge in [-0.2, -0.15) is 0 Å². The van der Waals surface area contributed by atoms with Gasteiger partial charge in [-0.3, -0.25) is 9.78 Å². The Labute approximate surface area is 132 Å². The first-order valence-electron chi connectivity index (χ1n) is 6.95. The number of nitrogens with one attached hydrogen (secondary N) is 1. The molecule has 6 nitrogen and oxygen atoms in total. The average Bonchev–Trinajstić information content (AvgIpc) is 2.59. The highest BCUT2D eigenvalue weighted by Crippen LogP contribution is 2.29. The van der Waals surface area contributed by atoms with E-state index >= 15 is 0 Å². The van der Waals surface area contributed by atoms with Gasteiger partial charge in [0.25, 0.3) is 5.56 Å². The summed E-state index contributed by atoms with van der Waals surface area (Å²) in [4.78, 5) is 23.4. The van der Waals surface area contributed by atoms with Crippen molar-refractivity contribution in [1.82, 2.24) is 15.0 Å². The molecule has 1 aromatic carbocycles. The molecule has 0 atom stereocenters. The summed E-state index contributed by atoms with van der Waals surface area (Å²) in [5.74, 6) is 1.48. The third-order valence-corrected chi connectivity index (χ3v) is 3.35. The van der Waals surface area contributed by atoms with Crippen LogP contribution in [0.3, 0.4) is 0 Å². The molecule has 0 aliphatic rings. The van der Waals surface area contributed by atoms with Crippen LogP contribution in [0, 0.1) is 0 Å². The smallest absolute Gasteiger partial charge is 0.259 e. The van der Waals surface area contributed by atoms with Crippen LogP contribution in [0.4, 0.5) is 0 Å². The van der Waals surface area contributed by atoms with E-state index in [1.165, 1.54) is 7.11 Å². The second-order valence-electron chi connectivity index (χ2n) is 4.80. The van der Waals surface area contributed by atoms with Crippen molar-refractivity contribution >= 4 is 23.1 Å². The molecule has 0 aliphatic heterocycles. The van der Waals surface area contributed by atoms with Crippen LogP contribution < -0.4 is 15.0 Å². The molecule has 3 rings (SSSR count). The highest BCUT2D eigenvalue weighted by atomic mass is 16.5. The molecular formula is C17H15N3O3. The SMILES string of the molecule is COc1cc2nc(/C=C/c3cccnc3)[nH]c(=O)c2cc1OC. The second-order valence-corrected chi connectivity index (χ2v) is 4.80. The fourth-order valence-electron chi connectivity index (χ4n) is 2.21. The van der Waals surface area contributed by atoms with Gasteiger partial charge >= 0.3 is 0 Å². The summed E-state index contributed by atoms with van der Waals surface area (Å²) in [5.41, 5.74) is 1.22. The van der Waals surface area contributed by atoms with Crippen molar-refractivity contribution < 1.29 is 9.47 Å². The summed E-state index contributed by atoms with van der Waals surface area (Å²) in [6.45, 7) is 0. The minimum atomic E-state index is -0.234. The van der Waals surface area contributed by atoms with Crippen LogP contribution in [-0.2, 0) is 0 Å². The van der Waals surface area contributed by atoms with Crippen LogP contribution in [0.25, 0.3) is 23.1 Å². The number of rotatable bonds is 4. The van der Waals surface area contributed by atoms with E-state index in [0.29, 0.717) is 28.2 Å². The number of H-pyrrole nitrogens is 1. The molecule has 116 valence electrons. The van der Waals surface area contributed by atoms with Gasteiger partial charge in [-0.05, 0) is 29.8 Å². The van der Waals surface area contributed by atoms with Crippen molar-refractivity contribution in [2.75, 3.05) is 14.2 Å². The van der Waals surface area contributed by atoms with E-state index in [1.807, 2.05) is 18.2 Å². The fraction of sp³-hybridized carbons (Fsp3) is 0.118. The van der Waals surface area contributed by atoms with E-state index in [4.69, 9.17) is 9.47 Å². The van der Waals surface area contributed by atoms with Gasteiger partial charge in [-0.15, -0.1) is 0 Å². The van der Waals surface area contributed by atoms with Crippen molar-refractivity contribution in [2.24, 2.45) is 0 Å². The zero-order chi connectivity index (χ0) is 16.2. The predicted molar refractivity (Wildman–Crippen MR) is 88.6 cm³/mol. The summed E-state index contributed by atoms with van der Waals surface area (Å²) in [7, 11) is 3.07. The van der Waals surface area contributed by atoms with Crippen LogP contribution in [0.2, 0.25) is 0 Å². The quantitative estimate of drug-likeness (QED) is 0.801. The molecule has 2 aromatic heterocycles. The molecule has 0 spiro atoms. The molecule has 6 heteroatoms. The molecule has 0 saturated carbocycles. The number of benzene rings is 1. The number of hydrogen-bond acceptors (Lipinski definition) is 5. The van der Waals surface area contributed by atoms with Crippen molar-refractivity contribution in [3.63, 3.8) is 0 Å². The normalized spacial score (nSPS) is 11.0. The van der Waals surface area contributed by atoms with Crippen LogP contribution in [0.5, 0.6) is 11.5 Å². The highest BCUT2D eigenvalue weighted by molar-refractivity contribution is 5.83. The first kappa shape index (κ1) is 14.8. The third kappa shape index (κ3) is 3.06. The Morgan fingerprint density at radius 2 is 1.91 bits per heavy atom. The number of pyridine rings is 1. The Morgan fingerprint density at radius 3 is 2.61 bits per heavy atom. The van der Waals surface area contributed by atoms with Gasteiger partial charge in [0.2, 0.25) is 0 Å². The first-order chi connectivity index (χ1) is 11.2. The molecule has 2 heterocycles. The average molecular weight is 309 g/mol. The number of aromatic nitrogens is 3. The Bertz CT molecular complexity index is 918. The number of nitrogens with zero attached hydrogens (tertiary/aromatic N) is 2. The molecule has 0 amide bonds. The lowest BCUT2D eigenvalue weighted by Crippen LogP contribution is -2.10. The van der Waals surface area contributed by atoms with E-state index in [0.717, 1.165) is 5.56 Å². The summed E-state index contributed by atoms with van der Waals surface area (Å²) in [6, 6.07) is 7.06. The van der Waals surface area contributed by atoms with Crippen LogP contribution in [0.1, 0.15) is 11.4 Å². The van der Waals surface area contributed by atoms with E-state index in [2.05, 4.69) is 15.0 Å². The maximum absolute atomic E-state index is 12.2. The van der Waals surface area contributed by atoms with Crippen molar-refractivity contribution in [1.29, 1.82) is 0 Å². The molecule has 1 N–H and O–H groups in total. The molecular weight excluding hydrogens is 294 g/mol. The zero-order valence-corrected chi connectivity index (χ0v) is 12.7. The van der Waals surface area contributed by atoms with Gasteiger partial charge < -0.3 is 14.5 Å². The highest BCUT2D eigenvalue weighted by Gasteiger charge is 2.10. The lowest BCUT2D eigenvalue weighted by Gasteiger charge is -2.08. The van der Waals surface area contributed by atoms with E-state index in [9.17, 15) is 4.79 Å². The lowest BCUT2D eigenvalue weighted by atomic mass is 10.2. The van der Waals surface area contributed by atoms with Gasteiger partial charge in [0, 0.05) is 18.5 Å². The first-order valence-corrected chi connectivity index (χ1v) is 6.95. The molecule has 0 saturated heterocycles.